The molecular weight excluding hydrogens is 945 g/mol. The maximum atomic E-state index is 12.8. The van der Waals surface area contributed by atoms with E-state index in [0.29, 0.717) is 19.3 Å². The number of hydrogen-bond acceptors (Lipinski definition) is 15. The van der Waals surface area contributed by atoms with Gasteiger partial charge in [0, 0.05) is 19.0 Å². The van der Waals surface area contributed by atoms with Crippen LogP contribution < -0.4 is 11.4 Å². The number of aliphatic hydroxyl groups excluding tert-OH is 2. The van der Waals surface area contributed by atoms with Crippen LogP contribution in [-0.2, 0) is 46.3 Å². The molecule has 0 bridgehead atoms. The van der Waals surface area contributed by atoms with Crippen LogP contribution in [0, 0.1) is 0 Å². The van der Waals surface area contributed by atoms with Crippen LogP contribution in [0.2, 0.25) is 0 Å². The van der Waals surface area contributed by atoms with Gasteiger partial charge >= 0.3 is 33.3 Å². The summed E-state index contributed by atoms with van der Waals surface area (Å²) in [6, 6.07) is 1.25. The molecule has 2 rings (SSSR count). The molecule has 0 saturated carbocycles. The second kappa shape index (κ2) is 38.4. The first-order valence-corrected chi connectivity index (χ1v) is 28.6. The molecule has 1 aliphatic heterocycles. The summed E-state index contributed by atoms with van der Waals surface area (Å²) in [6.07, 6.45) is 36.2. The molecule has 70 heavy (non-hydrogen) atoms. The number of nitrogens with two attached hydrogens (primary N) is 1. The number of allylic oxidation sites excluding steroid dienone is 8. The number of nitrogen functional groups attached to an aromatic ring is 1. The minimum Gasteiger partial charge on any atom is -0.462 e. The molecule has 7 atom stereocenters. The third-order valence-electron chi connectivity index (χ3n) is 11.4. The number of carbonyl (C=O) groups is 2. The van der Waals surface area contributed by atoms with Gasteiger partial charge in [0.2, 0.25) is 0 Å². The summed E-state index contributed by atoms with van der Waals surface area (Å²) in [7, 11) is -10.9. The van der Waals surface area contributed by atoms with Crippen molar-refractivity contribution >= 4 is 33.4 Å². The summed E-state index contributed by atoms with van der Waals surface area (Å²) in [4.78, 5) is 61.9. The number of aliphatic hydroxyl groups is 2. The average molecular weight is 1030 g/mol. The van der Waals surface area contributed by atoms with Crippen molar-refractivity contribution in [1.82, 2.24) is 9.55 Å². The average Bonchev–Trinajstić information content (AvgIpc) is 3.59. The van der Waals surface area contributed by atoms with E-state index >= 15 is 0 Å². The number of phosphoric ester groups is 2. The van der Waals surface area contributed by atoms with Crippen molar-refractivity contribution in [3.63, 3.8) is 0 Å². The van der Waals surface area contributed by atoms with Crippen molar-refractivity contribution < 1.29 is 66.3 Å². The number of unbranched alkanes of at least 4 members (excludes halogenated alkanes) is 18. The Kier molecular flexibility index (Phi) is 34.4. The van der Waals surface area contributed by atoms with E-state index in [9.17, 15) is 43.5 Å². The van der Waals surface area contributed by atoms with Gasteiger partial charge in [-0.3, -0.25) is 23.2 Å². The first kappa shape index (κ1) is 62.8. The molecule has 400 valence electrons. The highest BCUT2D eigenvalue weighted by molar-refractivity contribution is 7.61. The second-order valence-corrected chi connectivity index (χ2v) is 20.7. The third kappa shape index (κ3) is 30.6. The van der Waals surface area contributed by atoms with Crippen LogP contribution in [-0.4, -0.2) is 85.7 Å². The molecular formula is C50H85N3O15P2. The zero-order chi connectivity index (χ0) is 51.3. The van der Waals surface area contributed by atoms with Gasteiger partial charge in [0.1, 0.15) is 30.7 Å². The van der Waals surface area contributed by atoms with Gasteiger partial charge in [-0.2, -0.15) is 9.29 Å². The minimum absolute atomic E-state index is 0.0251. The van der Waals surface area contributed by atoms with Gasteiger partial charge in [0.05, 0.1) is 13.2 Å². The normalized spacial score (nSPS) is 19.6. The predicted octanol–water partition coefficient (Wildman–Crippen LogP) is 10.6. The molecule has 0 aromatic carbocycles. The maximum Gasteiger partial charge on any atom is 0.481 e. The Balaban J connectivity index is 1.82. The maximum absolute atomic E-state index is 12.8. The van der Waals surface area contributed by atoms with Gasteiger partial charge < -0.3 is 39.9 Å². The van der Waals surface area contributed by atoms with Crippen LogP contribution in [0.25, 0.3) is 0 Å². The number of ether oxygens (including phenoxy) is 3. The topological polar surface area (TPSA) is 265 Å². The molecule has 1 fully saturated rings. The molecule has 1 aliphatic rings. The fourth-order valence-corrected chi connectivity index (χ4v) is 9.53. The number of aromatic nitrogens is 2. The molecule has 1 aromatic heterocycles. The summed E-state index contributed by atoms with van der Waals surface area (Å²) in [5, 5.41) is 20.9. The van der Waals surface area contributed by atoms with Crippen LogP contribution in [0.3, 0.4) is 0 Å². The number of hydrogen-bond donors (Lipinski definition) is 5. The predicted molar refractivity (Wildman–Crippen MR) is 270 cm³/mol. The van der Waals surface area contributed by atoms with Crippen LogP contribution in [0.1, 0.15) is 187 Å². The first-order valence-electron chi connectivity index (χ1n) is 25.6. The smallest absolute Gasteiger partial charge is 0.462 e. The molecule has 6 N–H and O–H groups in total. The lowest BCUT2D eigenvalue weighted by atomic mass is 10.0. The standard InChI is InChI=1S/C50H85N3O15P2/c1-3-5-7-9-11-13-15-17-19-20-22-24-26-28-30-32-34-36-46(55)66-42(39-63-45(54)35-33-31-29-27-25-23-21-18-16-14-12-10-8-6-4-2)40-64-69(59,60)68-70(61,62)65-41-43-47(56)48(57)49(67-43)53-38-37-44(51)52-50(53)58/h11,13,17,19,22,24,28,30,37-38,42-43,47-49,56-57H,3-10,12,14-16,18,20-21,23,25-27,29,31-36,39-41H2,1-2H3,(H,59,60)(H,61,62)(H2,51,52,58). The van der Waals surface area contributed by atoms with Crippen LogP contribution in [0.4, 0.5) is 5.82 Å². The Morgan fingerprint density at radius 3 is 1.73 bits per heavy atom. The molecule has 0 amide bonds. The summed E-state index contributed by atoms with van der Waals surface area (Å²) < 4.78 is 56.7. The third-order valence-corrected chi connectivity index (χ3v) is 14.0. The number of carbonyl (C=O) groups excluding carboxylic acids is 2. The van der Waals surface area contributed by atoms with Crippen LogP contribution in [0.15, 0.2) is 65.7 Å². The van der Waals surface area contributed by atoms with E-state index in [-0.39, 0.29) is 18.7 Å². The van der Waals surface area contributed by atoms with Crippen molar-refractivity contribution in [2.45, 2.75) is 211 Å². The highest BCUT2D eigenvalue weighted by Crippen LogP contribution is 2.60. The Hall–Kier alpha value is -3.28. The largest absolute Gasteiger partial charge is 0.481 e. The molecule has 1 aromatic rings. The SMILES string of the molecule is CCCCCC=CCC=CCC=CCC=CCCCC(=O)OC(COC(=O)CCCCCCCCCCCCCCCCC)COP(=O)(O)OP(=O)(O)OCC1OC(n2ccc(N)nc2=O)C(O)C1O. The highest BCUT2D eigenvalue weighted by Gasteiger charge is 2.46. The Morgan fingerprint density at radius 1 is 0.686 bits per heavy atom. The van der Waals surface area contributed by atoms with E-state index in [1.165, 1.54) is 89.5 Å². The quantitative estimate of drug-likeness (QED) is 0.0176. The van der Waals surface area contributed by atoms with Crippen molar-refractivity contribution in [2.75, 3.05) is 25.6 Å². The monoisotopic (exact) mass is 1030 g/mol. The summed E-state index contributed by atoms with van der Waals surface area (Å²) in [5.41, 5.74) is 4.58. The molecule has 7 unspecified atom stereocenters. The first-order chi connectivity index (χ1) is 33.7. The Bertz CT molecular complexity index is 1860. The molecule has 0 radical (unpaired) electrons. The lowest BCUT2D eigenvalue weighted by molar-refractivity contribution is -0.161. The van der Waals surface area contributed by atoms with Gasteiger partial charge in [-0.15, -0.1) is 0 Å². The van der Waals surface area contributed by atoms with Gasteiger partial charge in [-0.1, -0.05) is 165 Å². The summed E-state index contributed by atoms with van der Waals surface area (Å²) >= 11 is 0. The van der Waals surface area contributed by atoms with Crippen molar-refractivity contribution in [3.8, 4) is 0 Å². The van der Waals surface area contributed by atoms with E-state index < -0.39 is 83.7 Å². The van der Waals surface area contributed by atoms with Crippen LogP contribution >= 0.6 is 15.6 Å². The number of nitrogens with zero attached hydrogens (tertiary/aromatic N) is 2. The van der Waals surface area contributed by atoms with E-state index in [0.717, 1.165) is 62.1 Å². The van der Waals surface area contributed by atoms with E-state index in [2.05, 4.69) is 59.6 Å². The number of anilines is 1. The lowest BCUT2D eigenvalue weighted by Gasteiger charge is -2.21. The Labute approximate surface area is 416 Å². The van der Waals surface area contributed by atoms with Gasteiger partial charge in [-0.05, 0) is 57.4 Å². The lowest BCUT2D eigenvalue weighted by Crippen LogP contribution is -2.36. The molecule has 18 nitrogen and oxygen atoms in total. The molecule has 0 spiro atoms. The van der Waals surface area contributed by atoms with Crippen molar-refractivity contribution in [2.24, 2.45) is 0 Å². The number of rotatable bonds is 42. The molecule has 0 aliphatic carbocycles. The second-order valence-electron chi connectivity index (χ2n) is 17.7. The van der Waals surface area contributed by atoms with Crippen molar-refractivity contribution in [3.05, 3.63) is 71.4 Å². The van der Waals surface area contributed by atoms with Gasteiger partial charge in [0.15, 0.2) is 12.3 Å². The highest BCUT2D eigenvalue weighted by atomic mass is 31.3. The number of phosphoric acid groups is 2. The van der Waals surface area contributed by atoms with Crippen LogP contribution in [0.5, 0.6) is 0 Å². The molecule has 20 heteroatoms. The number of esters is 2. The Morgan fingerprint density at radius 2 is 1.17 bits per heavy atom. The minimum atomic E-state index is -5.43. The van der Waals surface area contributed by atoms with E-state index in [1.54, 1.807) is 0 Å². The summed E-state index contributed by atoms with van der Waals surface area (Å²) in [6.45, 7) is 2.09. The fraction of sp³-hybridized carbons (Fsp3) is 0.720. The van der Waals surface area contributed by atoms with E-state index in [1.807, 2.05) is 12.2 Å². The zero-order valence-corrected chi connectivity index (χ0v) is 43.6. The van der Waals surface area contributed by atoms with Gasteiger partial charge in [0.25, 0.3) is 0 Å². The fourth-order valence-electron chi connectivity index (χ4n) is 7.42. The molecule has 1 saturated heterocycles. The zero-order valence-electron chi connectivity index (χ0n) is 41.8. The van der Waals surface area contributed by atoms with E-state index in [4.69, 9.17) is 29.0 Å². The summed E-state index contributed by atoms with van der Waals surface area (Å²) in [5.74, 6) is -1.36. The van der Waals surface area contributed by atoms with Crippen molar-refractivity contribution in [1.29, 1.82) is 0 Å². The molecule has 2 heterocycles. The van der Waals surface area contributed by atoms with Gasteiger partial charge in [-0.25, -0.2) is 13.9 Å².